The Balaban J connectivity index is 2.03. The first-order valence-corrected chi connectivity index (χ1v) is 7.03. The highest BCUT2D eigenvalue weighted by atomic mass is 16.4. The molecule has 2 heterocycles. The Morgan fingerprint density at radius 2 is 1.95 bits per heavy atom. The minimum Gasteiger partial charge on any atom is -0.481 e. The van der Waals surface area contributed by atoms with Crippen LogP contribution in [0, 0.1) is 11.3 Å². The molecular formula is C14H24N2O3. The van der Waals surface area contributed by atoms with Crippen LogP contribution in [0.4, 0.5) is 4.79 Å². The Bertz CT molecular complexity index is 389. The van der Waals surface area contributed by atoms with Crippen LogP contribution in [0.2, 0.25) is 0 Å². The smallest absolute Gasteiger partial charge is 0.318 e. The summed E-state index contributed by atoms with van der Waals surface area (Å²) < 4.78 is 0. The lowest BCUT2D eigenvalue weighted by molar-refractivity contribution is -0.142. The van der Waals surface area contributed by atoms with Crippen molar-refractivity contribution in [3.63, 3.8) is 0 Å². The Kier molecular flexibility index (Phi) is 3.49. The summed E-state index contributed by atoms with van der Waals surface area (Å²) >= 11 is 0. The SMILES string of the molecule is CC(NC(=O)N1C2CCC1C(C(=O)O)C2)C(C)(C)C. The summed E-state index contributed by atoms with van der Waals surface area (Å²) in [5.74, 6) is -1.15. The Morgan fingerprint density at radius 3 is 2.42 bits per heavy atom. The van der Waals surface area contributed by atoms with Gasteiger partial charge in [-0.25, -0.2) is 4.79 Å². The molecule has 2 amide bonds. The van der Waals surface area contributed by atoms with Gasteiger partial charge in [0.1, 0.15) is 0 Å². The molecule has 2 fully saturated rings. The van der Waals surface area contributed by atoms with Crippen LogP contribution in [-0.2, 0) is 4.79 Å². The predicted molar refractivity (Wildman–Crippen MR) is 71.8 cm³/mol. The van der Waals surface area contributed by atoms with Crippen molar-refractivity contribution in [1.29, 1.82) is 0 Å². The molecule has 19 heavy (non-hydrogen) atoms. The number of carbonyl (C=O) groups is 2. The number of amides is 2. The van der Waals surface area contributed by atoms with Crippen LogP contribution < -0.4 is 5.32 Å². The molecule has 108 valence electrons. The highest BCUT2D eigenvalue weighted by Crippen LogP contribution is 2.41. The van der Waals surface area contributed by atoms with Gasteiger partial charge in [0, 0.05) is 18.1 Å². The van der Waals surface area contributed by atoms with Crippen molar-refractivity contribution in [2.45, 2.75) is 65.1 Å². The summed E-state index contributed by atoms with van der Waals surface area (Å²) in [7, 11) is 0. The zero-order valence-corrected chi connectivity index (χ0v) is 12.1. The van der Waals surface area contributed by atoms with Crippen molar-refractivity contribution in [3.05, 3.63) is 0 Å². The number of carboxylic acid groups (broad SMARTS) is 1. The summed E-state index contributed by atoms with van der Waals surface area (Å²) in [5, 5.41) is 12.2. The average molecular weight is 268 g/mol. The average Bonchev–Trinajstić information content (AvgIpc) is 2.84. The van der Waals surface area contributed by atoms with E-state index in [1.54, 1.807) is 4.90 Å². The fourth-order valence-electron chi connectivity index (χ4n) is 3.05. The van der Waals surface area contributed by atoms with Crippen LogP contribution >= 0.6 is 0 Å². The number of rotatable bonds is 2. The van der Waals surface area contributed by atoms with Gasteiger partial charge in [-0.3, -0.25) is 4.79 Å². The zero-order chi connectivity index (χ0) is 14.4. The van der Waals surface area contributed by atoms with Crippen LogP contribution in [0.3, 0.4) is 0 Å². The quantitative estimate of drug-likeness (QED) is 0.805. The van der Waals surface area contributed by atoms with Gasteiger partial charge in [0.2, 0.25) is 0 Å². The highest BCUT2D eigenvalue weighted by Gasteiger charge is 2.51. The van der Waals surface area contributed by atoms with Crippen molar-refractivity contribution in [3.8, 4) is 0 Å². The van der Waals surface area contributed by atoms with Gasteiger partial charge < -0.3 is 15.3 Å². The van der Waals surface area contributed by atoms with E-state index in [9.17, 15) is 14.7 Å². The summed E-state index contributed by atoms with van der Waals surface area (Å²) in [6, 6.07) is -0.0464. The zero-order valence-electron chi connectivity index (χ0n) is 12.1. The van der Waals surface area contributed by atoms with Gasteiger partial charge in [0.05, 0.1) is 5.92 Å². The van der Waals surface area contributed by atoms with E-state index in [1.165, 1.54) is 0 Å². The fraction of sp³-hybridized carbons (Fsp3) is 0.857. The third kappa shape index (κ3) is 2.55. The van der Waals surface area contributed by atoms with E-state index in [-0.39, 0.29) is 35.5 Å². The summed E-state index contributed by atoms with van der Waals surface area (Å²) in [6.45, 7) is 8.23. The number of aliphatic carboxylic acids is 1. The van der Waals surface area contributed by atoms with Crippen LogP contribution in [0.25, 0.3) is 0 Å². The van der Waals surface area contributed by atoms with E-state index in [2.05, 4.69) is 26.1 Å². The van der Waals surface area contributed by atoms with Gasteiger partial charge in [0.15, 0.2) is 0 Å². The number of carboxylic acids is 1. The minimum absolute atomic E-state index is 0.000626. The van der Waals surface area contributed by atoms with Gasteiger partial charge >= 0.3 is 12.0 Å². The van der Waals surface area contributed by atoms with Gasteiger partial charge in [-0.15, -0.1) is 0 Å². The van der Waals surface area contributed by atoms with Crippen molar-refractivity contribution in [2.75, 3.05) is 0 Å². The van der Waals surface area contributed by atoms with Crippen LogP contribution in [-0.4, -0.2) is 40.1 Å². The Labute approximate surface area is 114 Å². The molecular weight excluding hydrogens is 244 g/mol. The summed E-state index contributed by atoms with van der Waals surface area (Å²) in [4.78, 5) is 25.3. The lowest BCUT2D eigenvalue weighted by Crippen LogP contribution is -2.50. The third-order valence-electron chi connectivity index (χ3n) is 4.73. The van der Waals surface area contributed by atoms with Gasteiger partial charge in [-0.05, 0) is 31.6 Å². The number of hydrogen-bond donors (Lipinski definition) is 2. The molecule has 5 nitrogen and oxygen atoms in total. The number of fused-ring (bicyclic) bond motifs is 2. The number of nitrogens with zero attached hydrogens (tertiary/aromatic N) is 1. The third-order valence-corrected chi connectivity index (χ3v) is 4.73. The summed E-state index contributed by atoms with van der Waals surface area (Å²) in [6.07, 6.45) is 2.36. The molecule has 0 aromatic heterocycles. The Hall–Kier alpha value is -1.26. The van der Waals surface area contributed by atoms with Gasteiger partial charge in [0.25, 0.3) is 0 Å². The number of nitrogens with one attached hydrogen (secondary N) is 1. The lowest BCUT2D eigenvalue weighted by Gasteiger charge is -2.31. The lowest BCUT2D eigenvalue weighted by atomic mass is 9.88. The first kappa shape index (κ1) is 14.2. The largest absolute Gasteiger partial charge is 0.481 e. The van der Waals surface area contributed by atoms with Gasteiger partial charge in [-0.2, -0.15) is 0 Å². The summed E-state index contributed by atoms with van der Waals surface area (Å²) in [5.41, 5.74) is 0.000626. The van der Waals surface area contributed by atoms with Crippen molar-refractivity contribution < 1.29 is 14.7 Å². The maximum atomic E-state index is 12.4. The molecule has 5 heteroatoms. The van der Waals surface area contributed by atoms with Crippen molar-refractivity contribution in [2.24, 2.45) is 11.3 Å². The molecule has 0 aliphatic carbocycles. The number of urea groups is 1. The highest BCUT2D eigenvalue weighted by molar-refractivity contribution is 5.79. The van der Waals surface area contributed by atoms with Crippen molar-refractivity contribution in [1.82, 2.24) is 10.2 Å². The second-order valence-electron chi connectivity index (χ2n) is 6.92. The van der Waals surface area contributed by atoms with Crippen molar-refractivity contribution >= 4 is 12.0 Å². The standard InChI is InChI=1S/C14H24N2O3/c1-8(14(2,3)4)15-13(19)16-9-5-6-11(16)10(7-9)12(17)18/h8-11H,5-7H2,1-4H3,(H,15,19)(H,17,18). The van der Waals surface area contributed by atoms with E-state index in [4.69, 9.17) is 0 Å². The molecule has 2 bridgehead atoms. The topological polar surface area (TPSA) is 69.6 Å². The molecule has 0 saturated carbocycles. The van der Waals surface area contributed by atoms with Crippen LogP contribution in [0.1, 0.15) is 47.0 Å². The molecule has 4 atom stereocenters. The van der Waals surface area contributed by atoms with Crippen LogP contribution in [0.15, 0.2) is 0 Å². The maximum Gasteiger partial charge on any atom is 0.318 e. The molecule has 2 N–H and O–H groups in total. The molecule has 2 saturated heterocycles. The number of hydrogen-bond acceptors (Lipinski definition) is 2. The molecule has 4 unspecified atom stereocenters. The van der Waals surface area contributed by atoms with E-state index < -0.39 is 5.97 Å². The first-order chi connectivity index (χ1) is 8.71. The number of carbonyl (C=O) groups excluding carboxylic acids is 1. The fourth-order valence-corrected chi connectivity index (χ4v) is 3.05. The molecule has 0 aromatic rings. The Morgan fingerprint density at radius 1 is 1.32 bits per heavy atom. The predicted octanol–water partition coefficient (Wildman–Crippen LogP) is 2.07. The monoisotopic (exact) mass is 268 g/mol. The molecule has 2 aliphatic rings. The minimum atomic E-state index is -0.770. The van der Waals surface area contributed by atoms with Crippen LogP contribution in [0.5, 0.6) is 0 Å². The second-order valence-corrected chi connectivity index (χ2v) is 6.92. The molecule has 0 spiro atoms. The molecule has 2 aliphatic heterocycles. The van der Waals surface area contributed by atoms with E-state index >= 15 is 0 Å². The second kappa shape index (κ2) is 4.69. The van der Waals surface area contributed by atoms with E-state index in [0.717, 1.165) is 12.8 Å². The normalized spacial score (nSPS) is 31.4. The van der Waals surface area contributed by atoms with E-state index in [1.807, 2.05) is 6.92 Å². The van der Waals surface area contributed by atoms with Gasteiger partial charge in [-0.1, -0.05) is 20.8 Å². The molecule has 0 radical (unpaired) electrons. The van der Waals surface area contributed by atoms with E-state index in [0.29, 0.717) is 6.42 Å². The molecule has 0 aromatic carbocycles. The molecule has 2 rings (SSSR count). The maximum absolute atomic E-state index is 12.4. The first-order valence-electron chi connectivity index (χ1n) is 7.03.